The Morgan fingerprint density at radius 1 is 1.11 bits per heavy atom. The molecule has 0 spiro atoms. The quantitative estimate of drug-likeness (QED) is 0.623. The van der Waals surface area contributed by atoms with Gasteiger partial charge in [-0.25, -0.2) is 22.6 Å². The largest absolute Gasteiger partial charge is 0.506 e. The van der Waals surface area contributed by atoms with Crippen LogP contribution in [0.15, 0.2) is 36.4 Å². The second-order valence-corrected chi connectivity index (χ2v) is 7.04. The molecule has 0 aromatic heterocycles. The van der Waals surface area contributed by atoms with Gasteiger partial charge in [-0.3, -0.25) is 4.79 Å². The van der Waals surface area contributed by atoms with Crippen LogP contribution in [0.25, 0.3) is 0 Å². The molecular formula is C15H12F2N4O5S. The van der Waals surface area contributed by atoms with Crippen molar-refractivity contribution in [3.8, 4) is 5.75 Å². The molecule has 2 aromatic carbocycles. The molecular weight excluding hydrogens is 386 g/mol. The van der Waals surface area contributed by atoms with E-state index in [2.05, 4.69) is 10.6 Å². The first-order valence-corrected chi connectivity index (χ1v) is 8.79. The zero-order chi connectivity index (χ0) is 19.8. The van der Waals surface area contributed by atoms with Gasteiger partial charge in [0.15, 0.2) is 5.82 Å². The van der Waals surface area contributed by atoms with Gasteiger partial charge in [0.1, 0.15) is 23.8 Å². The summed E-state index contributed by atoms with van der Waals surface area (Å²) in [5.74, 6) is -3.35. The molecule has 3 amide bonds. The molecule has 9 nitrogen and oxygen atoms in total. The van der Waals surface area contributed by atoms with Gasteiger partial charge in [0.05, 0.1) is 0 Å². The molecule has 0 saturated carbocycles. The minimum Gasteiger partial charge on any atom is -0.506 e. The molecule has 2 aromatic rings. The highest BCUT2D eigenvalue weighted by molar-refractivity contribution is 7.92. The van der Waals surface area contributed by atoms with Crippen LogP contribution in [0.1, 0.15) is 0 Å². The number of nitrogens with one attached hydrogen (secondary N) is 3. The van der Waals surface area contributed by atoms with E-state index < -0.39 is 51.8 Å². The number of phenols is 1. The summed E-state index contributed by atoms with van der Waals surface area (Å²) in [5.41, 5.74) is -0.634. The van der Waals surface area contributed by atoms with E-state index in [1.807, 2.05) is 0 Å². The molecule has 0 radical (unpaired) electrons. The monoisotopic (exact) mass is 398 g/mol. The molecule has 1 saturated heterocycles. The van der Waals surface area contributed by atoms with Gasteiger partial charge in [-0.15, -0.1) is 0 Å². The van der Waals surface area contributed by atoms with Crippen molar-refractivity contribution in [2.24, 2.45) is 0 Å². The summed E-state index contributed by atoms with van der Waals surface area (Å²) in [6.45, 7) is -0.690. The van der Waals surface area contributed by atoms with E-state index in [1.54, 1.807) is 4.72 Å². The lowest BCUT2D eigenvalue weighted by Crippen LogP contribution is -2.30. The Morgan fingerprint density at radius 3 is 2.30 bits per heavy atom. The van der Waals surface area contributed by atoms with Crippen molar-refractivity contribution in [1.29, 1.82) is 0 Å². The fourth-order valence-electron chi connectivity index (χ4n) is 2.38. The summed E-state index contributed by atoms with van der Waals surface area (Å²) in [5, 5.41) is 14.6. The number of nitrogens with zero attached hydrogens (tertiary/aromatic N) is 1. The highest BCUT2D eigenvalue weighted by Crippen LogP contribution is 2.36. The summed E-state index contributed by atoms with van der Waals surface area (Å²) >= 11 is 0. The van der Waals surface area contributed by atoms with Crippen LogP contribution in [-0.2, 0) is 15.0 Å². The van der Waals surface area contributed by atoms with Gasteiger partial charge in [-0.2, -0.15) is 8.42 Å². The Hall–Kier alpha value is -3.41. The van der Waals surface area contributed by atoms with Gasteiger partial charge in [0.25, 0.3) is 5.91 Å². The van der Waals surface area contributed by atoms with Crippen LogP contribution in [0.5, 0.6) is 5.75 Å². The standard InChI is InChI=1S/C15H12F2N4O5S/c16-8-1-3-9(4-2-8)18-15(24)19-10-5-11(17)14(12(22)6-10)21-7-13(23)20-27(21,25)26/h1-6,22H,7H2,(H,20,23)(H2,18,19,24). The number of amides is 3. The van der Waals surface area contributed by atoms with Crippen LogP contribution < -0.4 is 19.7 Å². The fraction of sp³-hybridized carbons (Fsp3) is 0.0667. The van der Waals surface area contributed by atoms with Crippen molar-refractivity contribution >= 4 is 39.2 Å². The molecule has 0 bridgehead atoms. The predicted octanol–water partition coefficient (Wildman–Crippen LogP) is 1.50. The third-order valence-corrected chi connectivity index (χ3v) is 4.85. The van der Waals surface area contributed by atoms with Crippen molar-refractivity contribution in [2.45, 2.75) is 0 Å². The number of hydrogen-bond donors (Lipinski definition) is 4. The van der Waals surface area contributed by atoms with E-state index in [4.69, 9.17) is 0 Å². The number of hydrogen-bond acceptors (Lipinski definition) is 5. The molecule has 0 aliphatic carbocycles. The molecule has 3 rings (SSSR count). The number of rotatable bonds is 3. The average molecular weight is 398 g/mol. The Kier molecular flexibility index (Phi) is 4.57. The van der Waals surface area contributed by atoms with E-state index in [1.165, 1.54) is 12.1 Å². The summed E-state index contributed by atoms with van der Waals surface area (Å²) in [6, 6.07) is 5.75. The van der Waals surface area contributed by atoms with Crippen LogP contribution in [0.3, 0.4) is 0 Å². The van der Waals surface area contributed by atoms with E-state index >= 15 is 0 Å². The normalized spacial score (nSPS) is 15.3. The SMILES string of the molecule is O=C1CN(c2c(O)cc(NC(=O)Nc3ccc(F)cc3)cc2F)S(=O)(=O)N1. The Balaban J connectivity index is 1.79. The number of benzene rings is 2. The van der Waals surface area contributed by atoms with Gasteiger partial charge in [0, 0.05) is 17.4 Å². The van der Waals surface area contributed by atoms with Crippen molar-refractivity contribution in [3.05, 3.63) is 48.0 Å². The van der Waals surface area contributed by atoms with Crippen molar-refractivity contribution in [1.82, 2.24) is 4.72 Å². The summed E-state index contributed by atoms with van der Waals surface area (Å²) < 4.78 is 52.8. The first kappa shape index (κ1) is 18.4. The lowest BCUT2D eigenvalue weighted by atomic mass is 10.2. The van der Waals surface area contributed by atoms with Gasteiger partial charge in [-0.05, 0) is 30.3 Å². The molecule has 1 heterocycles. The molecule has 1 aliphatic heterocycles. The maximum atomic E-state index is 14.3. The van der Waals surface area contributed by atoms with Crippen LogP contribution in [0.4, 0.5) is 30.6 Å². The number of carbonyl (C=O) groups is 2. The summed E-state index contributed by atoms with van der Waals surface area (Å²) in [7, 11) is -4.31. The minimum absolute atomic E-state index is 0.177. The van der Waals surface area contributed by atoms with Crippen LogP contribution in [0, 0.1) is 11.6 Å². The second kappa shape index (κ2) is 6.72. The maximum absolute atomic E-state index is 14.3. The second-order valence-electron chi connectivity index (χ2n) is 5.45. The average Bonchev–Trinajstić information content (AvgIpc) is 2.81. The van der Waals surface area contributed by atoms with E-state index in [-0.39, 0.29) is 11.4 Å². The van der Waals surface area contributed by atoms with Gasteiger partial charge in [-0.1, -0.05) is 0 Å². The molecule has 4 N–H and O–H groups in total. The third-order valence-electron chi connectivity index (χ3n) is 3.47. The summed E-state index contributed by atoms with van der Waals surface area (Å²) in [6.07, 6.45) is 0. The lowest BCUT2D eigenvalue weighted by Gasteiger charge is -2.18. The van der Waals surface area contributed by atoms with Crippen LogP contribution in [-0.4, -0.2) is 32.0 Å². The fourth-order valence-corrected chi connectivity index (χ4v) is 3.55. The Morgan fingerprint density at radius 2 is 1.74 bits per heavy atom. The molecule has 12 heteroatoms. The van der Waals surface area contributed by atoms with Gasteiger partial charge in [0.2, 0.25) is 0 Å². The number of carbonyl (C=O) groups excluding carboxylic acids is 2. The summed E-state index contributed by atoms with van der Waals surface area (Å²) in [4.78, 5) is 23.1. The predicted molar refractivity (Wildman–Crippen MR) is 91.5 cm³/mol. The van der Waals surface area contributed by atoms with Crippen LogP contribution in [0.2, 0.25) is 0 Å². The molecule has 0 atom stereocenters. The molecule has 1 fully saturated rings. The minimum atomic E-state index is -4.31. The highest BCUT2D eigenvalue weighted by atomic mass is 32.2. The smallest absolute Gasteiger partial charge is 0.326 e. The van der Waals surface area contributed by atoms with Crippen molar-refractivity contribution in [2.75, 3.05) is 21.5 Å². The lowest BCUT2D eigenvalue weighted by molar-refractivity contribution is -0.117. The zero-order valence-electron chi connectivity index (χ0n) is 13.4. The number of phenolic OH excluding ortho intramolecular Hbond substituents is 1. The number of urea groups is 1. The van der Waals surface area contributed by atoms with E-state index in [9.17, 15) is 31.9 Å². The molecule has 1 aliphatic rings. The Bertz CT molecular complexity index is 1000. The topological polar surface area (TPSA) is 128 Å². The number of aromatic hydroxyl groups is 1. The van der Waals surface area contributed by atoms with Gasteiger partial charge >= 0.3 is 16.2 Å². The van der Waals surface area contributed by atoms with Gasteiger partial charge < -0.3 is 15.7 Å². The zero-order valence-corrected chi connectivity index (χ0v) is 14.2. The van der Waals surface area contributed by atoms with E-state index in [0.717, 1.165) is 24.3 Å². The first-order valence-electron chi connectivity index (χ1n) is 7.35. The molecule has 0 unspecified atom stereocenters. The van der Waals surface area contributed by atoms with E-state index in [0.29, 0.717) is 4.31 Å². The number of halogens is 2. The number of anilines is 3. The molecule has 142 valence electrons. The third kappa shape index (κ3) is 3.89. The molecule has 27 heavy (non-hydrogen) atoms. The van der Waals surface area contributed by atoms with Crippen molar-refractivity contribution < 1.29 is 31.9 Å². The maximum Gasteiger partial charge on any atom is 0.326 e. The highest BCUT2D eigenvalue weighted by Gasteiger charge is 2.37. The van der Waals surface area contributed by atoms with Crippen LogP contribution >= 0.6 is 0 Å². The van der Waals surface area contributed by atoms with Crippen molar-refractivity contribution in [3.63, 3.8) is 0 Å². The Labute approximate surface area is 151 Å². The first-order chi connectivity index (χ1) is 12.7.